The fraction of sp³-hybridized carbons (Fsp3) is 0.857. The van der Waals surface area contributed by atoms with Crippen LogP contribution in [0.3, 0.4) is 0 Å². The third-order valence-corrected chi connectivity index (χ3v) is 1.38. The lowest BCUT2D eigenvalue weighted by Crippen LogP contribution is -2.33. The topological polar surface area (TPSA) is 46.5 Å². The Morgan fingerprint density at radius 1 is 1.73 bits per heavy atom. The van der Waals surface area contributed by atoms with E-state index in [9.17, 15) is 9.18 Å². The number of carbonyl (C=O) groups excluding carboxylic acids is 1. The number of ether oxygens (including phenoxy) is 1. The molecule has 0 aromatic heterocycles. The van der Waals surface area contributed by atoms with E-state index in [2.05, 4.69) is 4.74 Å². The van der Waals surface area contributed by atoms with Crippen LogP contribution in [0, 0.1) is 0 Å². The van der Waals surface area contributed by atoms with E-state index in [1.165, 1.54) is 21.0 Å². The molecule has 0 rings (SSSR count). The summed E-state index contributed by atoms with van der Waals surface area (Å²) in [6.45, 7) is 2.42. The van der Waals surface area contributed by atoms with Crippen LogP contribution in [0.4, 0.5) is 4.39 Å². The van der Waals surface area contributed by atoms with Crippen LogP contribution in [0.15, 0.2) is 0 Å². The minimum Gasteiger partial charge on any atom is -0.469 e. The van der Waals surface area contributed by atoms with Crippen molar-refractivity contribution in [3.8, 4) is 0 Å². The van der Waals surface area contributed by atoms with Gasteiger partial charge in [0.15, 0.2) is 0 Å². The first-order valence-corrected chi connectivity index (χ1v) is 3.31. The molecule has 0 aliphatic heterocycles. The summed E-state index contributed by atoms with van der Waals surface area (Å²) in [6.07, 6.45) is -1.60. The van der Waals surface area contributed by atoms with Gasteiger partial charge in [0.05, 0.1) is 19.6 Å². The number of aliphatic hydroxyl groups excluding tert-OH is 1. The predicted octanol–water partition coefficient (Wildman–Crippen LogP) is 0.658. The van der Waals surface area contributed by atoms with E-state index in [1.807, 2.05) is 0 Å². The number of rotatable bonds is 3. The standard InChI is InChI=1S/C7H13FO3/c1-7(2,8)5(9)4-6(10)11-3/h5,9H,4H2,1-3H3/t5-/m0/s1. The highest BCUT2D eigenvalue weighted by Crippen LogP contribution is 2.17. The molecule has 0 radical (unpaired) electrons. The average molecular weight is 164 g/mol. The summed E-state index contributed by atoms with van der Waals surface area (Å²) in [7, 11) is 1.19. The lowest BCUT2D eigenvalue weighted by Gasteiger charge is -2.20. The molecule has 1 N–H and O–H groups in total. The second-order valence-corrected chi connectivity index (χ2v) is 2.86. The maximum atomic E-state index is 12.8. The van der Waals surface area contributed by atoms with Crippen molar-refractivity contribution in [2.75, 3.05) is 7.11 Å². The number of hydrogen-bond acceptors (Lipinski definition) is 3. The van der Waals surface area contributed by atoms with E-state index in [4.69, 9.17) is 5.11 Å². The summed E-state index contributed by atoms with van der Waals surface area (Å²) >= 11 is 0. The Hall–Kier alpha value is -0.640. The van der Waals surface area contributed by atoms with Crippen LogP contribution < -0.4 is 0 Å². The third-order valence-electron chi connectivity index (χ3n) is 1.38. The second-order valence-electron chi connectivity index (χ2n) is 2.86. The minimum absolute atomic E-state index is 0.306. The lowest BCUT2D eigenvalue weighted by atomic mass is 10.0. The van der Waals surface area contributed by atoms with Crippen LogP contribution >= 0.6 is 0 Å². The van der Waals surface area contributed by atoms with Crippen molar-refractivity contribution < 1.29 is 19.0 Å². The van der Waals surface area contributed by atoms with Crippen LogP contribution in [0.25, 0.3) is 0 Å². The van der Waals surface area contributed by atoms with Gasteiger partial charge < -0.3 is 9.84 Å². The maximum Gasteiger partial charge on any atom is 0.308 e. The molecule has 1 atom stereocenters. The molecule has 3 nitrogen and oxygen atoms in total. The van der Waals surface area contributed by atoms with Gasteiger partial charge in [-0.3, -0.25) is 4.79 Å². The molecule has 0 saturated heterocycles. The fourth-order valence-corrected chi connectivity index (χ4v) is 0.484. The van der Waals surface area contributed by atoms with Crippen molar-refractivity contribution in [2.24, 2.45) is 0 Å². The van der Waals surface area contributed by atoms with Gasteiger partial charge in [0, 0.05) is 0 Å². The van der Waals surface area contributed by atoms with Gasteiger partial charge in [-0.25, -0.2) is 4.39 Å². The van der Waals surface area contributed by atoms with Crippen LogP contribution in [0.2, 0.25) is 0 Å². The van der Waals surface area contributed by atoms with Crippen molar-refractivity contribution in [3.63, 3.8) is 0 Å². The second kappa shape index (κ2) is 3.67. The summed E-state index contributed by atoms with van der Waals surface area (Å²) < 4.78 is 17.1. The molecule has 4 heteroatoms. The van der Waals surface area contributed by atoms with E-state index in [0.717, 1.165) is 0 Å². The monoisotopic (exact) mass is 164 g/mol. The van der Waals surface area contributed by atoms with E-state index in [0.29, 0.717) is 0 Å². The van der Waals surface area contributed by atoms with Crippen molar-refractivity contribution >= 4 is 5.97 Å². The Labute approximate surface area is 65.2 Å². The number of esters is 1. The summed E-state index contributed by atoms with van der Waals surface area (Å²) in [5, 5.41) is 9.01. The quantitative estimate of drug-likeness (QED) is 0.623. The molecule has 66 valence electrons. The van der Waals surface area contributed by atoms with Crippen molar-refractivity contribution in [2.45, 2.75) is 32.0 Å². The smallest absolute Gasteiger partial charge is 0.308 e. The Kier molecular flexibility index (Phi) is 3.45. The van der Waals surface area contributed by atoms with Crippen molar-refractivity contribution in [1.82, 2.24) is 0 Å². The van der Waals surface area contributed by atoms with E-state index >= 15 is 0 Å². The lowest BCUT2D eigenvalue weighted by molar-refractivity contribution is -0.145. The predicted molar refractivity (Wildman–Crippen MR) is 37.8 cm³/mol. The van der Waals surface area contributed by atoms with Crippen LogP contribution in [0.5, 0.6) is 0 Å². The molecule has 0 fully saturated rings. The molecule has 0 aromatic carbocycles. The van der Waals surface area contributed by atoms with Gasteiger partial charge in [-0.15, -0.1) is 0 Å². The highest BCUT2D eigenvalue weighted by Gasteiger charge is 2.29. The van der Waals surface area contributed by atoms with Gasteiger partial charge in [-0.2, -0.15) is 0 Å². The van der Waals surface area contributed by atoms with Gasteiger partial charge in [-0.05, 0) is 13.8 Å². The number of carbonyl (C=O) groups is 1. The van der Waals surface area contributed by atoms with E-state index in [-0.39, 0.29) is 6.42 Å². The molecular formula is C7H13FO3. The first kappa shape index (κ1) is 10.4. The highest BCUT2D eigenvalue weighted by molar-refractivity contribution is 5.69. The van der Waals surface area contributed by atoms with Crippen LogP contribution in [-0.4, -0.2) is 30.0 Å². The normalized spacial score (nSPS) is 14.3. The van der Waals surface area contributed by atoms with Crippen molar-refractivity contribution in [1.29, 1.82) is 0 Å². The number of hydrogen-bond donors (Lipinski definition) is 1. The first-order valence-electron chi connectivity index (χ1n) is 3.31. The minimum atomic E-state index is -1.76. The molecule has 0 aliphatic carbocycles. The van der Waals surface area contributed by atoms with Crippen molar-refractivity contribution in [3.05, 3.63) is 0 Å². The fourth-order valence-electron chi connectivity index (χ4n) is 0.484. The van der Waals surface area contributed by atoms with E-state index in [1.54, 1.807) is 0 Å². The Morgan fingerprint density at radius 3 is 2.45 bits per heavy atom. The first-order chi connectivity index (χ1) is 4.88. The summed E-state index contributed by atoms with van der Waals surface area (Å²) in [5.41, 5.74) is -1.76. The third kappa shape index (κ3) is 3.93. The molecular weight excluding hydrogens is 151 g/mol. The van der Waals surface area contributed by atoms with Crippen LogP contribution in [-0.2, 0) is 9.53 Å². The summed E-state index contributed by atoms with van der Waals surface area (Å²) in [5.74, 6) is -0.608. The molecule has 0 spiro atoms. The maximum absolute atomic E-state index is 12.8. The van der Waals surface area contributed by atoms with Crippen LogP contribution in [0.1, 0.15) is 20.3 Å². The Morgan fingerprint density at radius 2 is 2.18 bits per heavy atom. The molecule has 11 heavy (non-hydrogen) atoms. The zero-order valence-electron chi connectivity index (χ0n) is 6.93. The summed E-state index contributed by atoms with van der Waals surface area (Å²) in [4.78, 5) is 10.5. The number of alkyl halides is 1. The molecule has 0 amide bonds. The Balaban J connectivity index is 3.87. The Bertz CT molecular complexity index is 139. The largest absolute Gasteiger partial charge is 0.469 e. The number of methoxy groups -OCH3 is 1. The van der Waals surface area contributed by atoms with Gasteiger partial charge in [0.2, 0.25) is 0 Å². The number of aliphatic hydroxyl groups is 1. The summed E-state index contributed by atoms with van der Waals surface area (Å²) in [6, 6.07) is 0. The van der Waals surface area contributed by atoms with Gasteiger partial charge in [0.1, 0.15) is 5.67 Å². The molecule has 0 heterocycles. The molecule has 0 bridgehead atoms. The SMILES string of the molecule is COC(=O)C[C@H](O)C(C)(C)F. The molecule has 0 aliphatic rings. The zero-order chi connectivity index (χ0) is 9.07. The average Bonchev–Trinajstić information content (AvgIpc) is 1.85. The number of halogens is 1. The van der Waals surface area contributed by atoms with Gasteiger partial charge in [-0.1, -0.05) is 0 Å². The van der Waals surface area contributed by atoms with Gasteiger partial charge >= 0.3 is 5.97 Å². The molecule has 0 aromatic rings. The zero-order valence-corrected chi connectivity index (χ0v) is 6.93. The highest BCUT2D eigenvalue weighted by atomic mass is 19.1. The molecule has 0 unspecified atom stereocenters. The van der Waals surface area contributed by atoms with Gasteiger partial charge in [0.25, 0.3) is 0 Å². The van der Waals surface area contributed by atoms with E-state index < -0.39 is 17.7 Å². The molecule has 0 saturated carbocycles.